The van der Waals surface area contributed by atoms with Crippen molar-refractivity contribution in [1.82, 2.24) is 20.5 Å². The zero-order chi connectivity index (χ0) is 8.23. The van der Waals surface area contributed by atoms with Gasteiger partial charge in [-0.1, -0.05) is 0 Å². The van der Waals surface area contributed by atoms with Gasteiger partial charge in [-0.2, -0.15) is 5.10 Å². The van der Waals surface area contributed by atoms with Crippen LogP contribution in [0.1, 0.15) is 24.5 Å². The molecule has 1 aliphatic heterocycles. The molecule has 1 fully saturated rings. The van der Waals surface area contributed by atoms with E-state index in [0.717, 1.165) is 31.6 Å². The molecule has 1 aromatic rings. The number of piperidine rings is 1. The highest BCUT2D eigenvalue weighted by atomic mass is 15.1. The third-order valence-corrected chi connectivity index (χ3v) is 2.26. The third kappa shape index (κ3) is 1.58. The molecule has 0 unspecified atom stereocenters. The molecule has 0 amide bonds. The van der Waals surface area contributed by atoms with Crippen LogP contribution in [0.25, 0.3) is 0 Å². The van der Waals surface area contributed by atoms with Crippen LogP contribution in [0.5, 0.6) is 0 Å². The molecule has 4 nitrogen and oxygen atoms in total. The van der Waals surface area contributed by atoms with Crippen LogP contribution in [-0.2, 0) is 0 Å². The first kappa shape index (κ1) is 7.61. The van der Waals surface area contributed by atoms with E-state index in [1.165, 1.54) is 6.33 Å². The zero-order valence-electron chi connectivity index (χ0n) is 6.90. The summed E-state index contributed by atoms with van der Waals surface area (Å²) in [6.07, 6.45) is 5.61. The maximum atomic E-state index is 4.06. The van der Waals surface area contributed by atoms with Gasteiger partial charge in [0.05, 0.1) is 11.9 Å². The molecule has 1 N–H and O–H groups in total. The predicted molar refractivity (Wildman–Crippen MR) is 44.7 cm³/mol. The molecule has 0 atom stereocenters. The van der Waals surface area contributed by atoms with Crippen LogP contribution in [0, 0.1) is 0 Å². The first-order chi connectivity index (χ1) is 5.97. The number of rotatable bonds is 1. The molecule has 2 heterocycles. The van der Waals surface area contributed by atoms with E-state index in [4.69, 9.17) is 0 Å². The lowest BCUT2D eigenvalue weighted by atomic mass is 9.95. The van der Waals surface area contributed by atoms with Crippen LogP contribution in [0.3, 0.4) is 0 Å². The summed E-state index contributed by atoms with van der Waals surface area (Å²) in [6.45, 7) is 2.17. The summed E-state index contributed by atoms with van der Waals surface area (Å²) in [6, 6.07) is 0. The number of aromatic nitrogens is 3. The van der Waals surface area contributed by atoms with Crippen LogP contribution in [0.2, 0.25) is 0 Å². The van der Waals surface area contributed by atoms with Gasteiger partial charge < -0.3 is 5.32 Å². The fourth-order valence-corrected chi connectivity index (χ4v) is 1.56. The van der Waals surface area contributed by atoms with Gasteiger partial charge in [0.1, 0.15) is 6.33 Å². The van der Waals surface area contributed by atoms with E-state index in [2.05, 4.69) is 20.5 Å². The topological polar surface area (TPSA) is 50.7 Å². The fraction of sp³-hybridized carbons (Fsp3) is 0.625. The minimum absolute atomic E-state index is 0.562. The molecule has 0 bridgehead atoms. The van der Waals surface area contributed by atoms with Crippen molar-refractivity contribution in [2.24, 2.45) is 0 Å². The average Bonchev–Trinajstić information content (AvgIpc) is 2.21. The molecule has 1 aliphatic rings. The lowest BCUT2D eigenvalue weighted by Crippen LogP contribution is -2.27. The van der Waals surface area contributed by atoms with E-state index in [-0.39, 0.29) is 0 Å². The molecular formula is C8H12N4. The SMILES string of the molecule is c1ncc(C2CCNCC2)nn1. The number of hydrogen-bond acceptors (Lipinski definition) is 4. The maximum Gasteiger partial charge on any atom is 0.138 e. The first-order valence-electron chi connectivity index (χ1n) is 4.30. The van der Waals surface area contributed by atoms with Crippen molar-refractivity contribution < 1.29 is 0 Å². The Bertz CT molecular complexity index is 230. The van der Waals surface area contributed by atoms with E-state index < -0.39 is 0 Å². The van der Waals surface area contributed by atoms with Gasteiger partial charge >= 0.3 is 0 Å². The number of nitrogens with one attached hydrogen (secondary N) is 1. The summed E-state index contributed by atoms with van der Waals surface area (Å²) >= 11 is 0. The van der Waals surface area contributed by atoms with Crippen molar-refractivity contribution >= 4 is 0 Å². The fourth-order valence-electron chi connectivity index (χ4n) is 1.56. The van der Waals surface area contributed by atoms with Gasteiger partial charge in [0, 0.05) is 5.92 Å². The highest BCUT2D eigenvalue weighted by molar-refractivity contribution is 5.02. The Hall–Kier alpha value is -1.03. The van der Waals surface area contributed by atoms with E-state index in [1.54, 1.807) is 0 Å². The highest BCUT2D eigenvalue weighted by Crippen LogP contribution is 2.21. The van der Waals surface area contributed by atoms with E-state index in [9.17, 15) is 0 Å². The largest absolute Gasteiger partial charge is 0.317 e. The van der Waals surface area contributed by atoms with Crippen molar-refractivity contribution in [2.75, 3.05) is 13.1 Å². The molecule has 1 saturated heterocycles. The molecule has 0 saturated carbocycles. The smallest absolute Gasteiger partial charge is 0.138 e. The van der Waals surface area contributed by atoms with E-state index in [1.807, 2.05) is 6.20 Å². The summed E-state index contributed by atoms with van der Waals surface area (Å²) in [4.78, 5) is 3.97. The summed E-state index contributed by atoms with van der Waals surface area (Å²) in [5.74, 6) is 0.562. The van der Waals surface area contributed by atoms with Crippen LogP contribution in [0.4, 0.5) is 0 Å². The Balaban J connectivity index is 2.08. The van der Waals surface area contributed by atoms with Crippen LogP contribution >= 0.6 is 0 Å². The summed E-state index contributed by atoms with van der Waals surface area (Å²) in [5.41, 5.74) is 1.04. The second kappa shape index (κ2) is 3.58. The van der Waals surface area contributed by atoms with Crippen LogP contribution < -0.4 is 5.32 Å². The van der Waals surface area contributed by atoms with Gasteiger partial charge in [-0.3, -0.25) is 0 Å². The van der Waals surface area contributed by atoms with Crippen LogP contribution in [0.15, 0.2) is 12.5 Å². The van der Waals surface area contributed by atoms with E-state index in [0.29, 0.717) is 5.92 Å². The second-order valence-electron chi connectivity index (χ2n) is 3.06. The highest BCUT2D eigenvalue weighted by Gasteiger charge is 2.16. The van der Waals surface area contributed by atoms with Gasteiger partial charge in [0.15, 0.2) is 0 Å². The summed E-state index contributed by atoms with van der Waals surface area (Å²) in [5, 5.41) is 11.2. The minimum Gasteiger partial charge on any atom is -0.317 e. The van der Waals surface area contributed by atoms with Crippen molar-refractivity contribution in [3.05, 3.63) is 18.2 Å². The Kier molecular flexibility index (Phi) is 2.27. The maximum absolute atomic E-state index is 4.06. The predicted octanol–water partition coefficient (Wildman–Crippen LogP) is 0.339. The number of nitrogens with zero attached hydrogens (tertiary/aromatic N) is 3. The Morgan fingerprint density at radius 3 is 2.83 bits per heavy atom. The molecular weight excluding hydrogens is 152 g/mol. The van der Waals surface area contributed by atoms with Crippen LogP contribution in [-0.4, -0.2) is 28.3 Å². The first-order valence-corrected chi connectivity index (χ1v) is 4.30. The van der Waals surface area contributed by atoms with E-state index >= 15 is 0 Å². The van der Waals surface area contributed by atoms with Gasteiger partial charge in [0.2, 0.25) is 0 Å². The molecule has 12 heavy (non-hydrogen) atoms. The standard InChI is InChI=1S/C8H12N4/c1-3-9-4-2-7(1)8-5-10-6-11-12-8/h5-7,9H,1-4H2. The quantitative estimate of drug-likeness (QED) is 0.650. The lowest BCUT2D eigenvalue weighted by Gasteiger charge is -2.20. The Labute approximate surface area is 71.4 Å². The van der Waals surface area contributed by atoms with Gasteiger partial charge in [-0.15, -0.1) is 5.10 Å². The normalized spacial score (nSPS) is 19.3. The van der Waals surface area contributed by atoms with Gasteiger partial charge in [-0.05, 0) is 25.9 Å². The van der Waals surface area contributed by atoms with Crippen molar-refractivity contribution in [1.29, 1.82) is 0 Å². The van der Waals surface area contributed by atoms with Gasteiger partial charge in [-0.25, -0.2) is 4.98 Å². The molecule has 0 spiro atoms. The monoisotopic (exact) mass is 164 g/mol. The summed E-state index contributed by atoms with van der Waals surface area (Å²) < 4.78 is 0. The van der Waals surface area contributed by atoms with Crippen molar-refractivity contribution in [3.63, 3.8) is 0 Å². The van der Waals surface area contributed by atoms with Crippen molar-refractivity contribution in [2.45, 2.75) is 18.8 Å². The summed E-state index contributed by atoms with van der Waals surface area (Å²) in [7, 11) is 0. The molecule has 0 aromatic carbocycles. The molecule has 0 aliphatic carbocycles. The molecule has 4 heteroatoms. The molecule has 64 valence electrons. The third-order valence-electron chi connectivity index (χ3n) is 2.26. The number of hydrogen-bond donors (Lipinski definition) is 1. The Morgan fingerprint density at radius 1 is 1.33 bits per heavy atom. The Morgan fingerprint density at radius 2 is 2.17 bits per heavy atom. The molecule has 1 aromatic heterocycles. The molecule has 0 radical (unpaired) electrons. The lowest BCUT2D eigenvalue weighted by molar-refractivity contribution is 0.449. The minimum atomic E-state index is 0.562. The molecule has 2 rings (SSSR count). The average molecular weight is 164 g/mol. The van der Waals surface area contributed by atoms with Crippen molar-refractivity contribution in [3.8, 4) is 0 Å². The zero-order valence-corrected chi connectivity index (χ0v) is 6.90. The second-order valence-corrected chi connectivity index (χ2v) is 3.06. The van der Waals surface area contributed by atoms with Gasteiger partial charge in [0.25, 0.3) is 0 Å².